The van der Waals surface area contributed by atoms with Crippen molar-refractivity contribution in [3.05, 3.63) is 57.1 Å². The Bertz CT molecular complexity index is 920. The molecule has 0 radical (unpaired) electrons. The van der Waals surface area contributed by atoms with Crippen molar-refractivity contribution >= 4 is 23.3 Å². The van der Waals surface area contributed by atoms with Crippen LogP contribution in [-0.2, 0) is 9.53 Å². The fourth-order valence-electron chi connectivity index (χ4n) is 2.69. The lowest BCUT2D eigenvalue weighted by Crippen LogP contribution is -2.22. The van der Waals surface area contributed by atoms with Crippen LogP contribution in [0.5, 0.6) is 11.5 Å². The summed E-state index contributed by atoms with van der Waals surface area (Å²) in [4.78, 5) is 35.2. The summed E-state index contributed by atoms with van der Waals surface area (Å²) in [6.07, 6.45) is 0. The van der Waals surface area contributed by atoms with Gasteiger partial charge in [-0.15, -0.1) is 0 Å². The average molecular weight is 402 g/mol. The van der Waals surface area contributed by atoms with Crippen LogP contribution in [0.4, 0.5) is 11.4 Å². The number of benzene rings is 2. The highest BCUT2D eigenvalue weighted by atomic mass is 16.6. The Morgan fingerprint density at radius 3 is 2.34 bits per heavy atom. The molecule has 1 amide bonds. The van der Waals surface area contributed by atoms with E-state index in [0.717, 1.165) is 23.3 Å². The number of carbonyl (C=O) groups excluding carboxylic acids is 2. The van der Waals surface area contributed by atoms with Gasteiger partial charge in [0.1, 0.15) is 5.56 Å². The number of nitro groups is 1. The Balaban J connectivity index is 2.17. The van der Waals surface area contributed by atoms with Gasteiger partial charge in [0.25, 0.3) is 11.6 Å². The molecule has 2 rings (SSSR count). The molecule has 0 aliphatic carbocycles. The largest absolute Gasteiger partial charge is 0.493 e. The summed E-state index contributed by atoms with van der Waals surface area (Å²) < 4.78 is 15.4. The van der Waals surface area contributed by atoms with E-state index in [0.29, 0.717) is 5.69 Å². The molecule has 0 bridgehead atoms. The van der Waals surface area contributed by atoms with Crippen LogP contribution < -0.4 is 14.8 Å². The lowest BCUT2D eigenvalue weighted by Gasteiger charge is -2.13. The average Bonchev–Trinajstić information content (AvgIpc) is 2.68. The molecular weight excluding hydrogens is 380 g/mol. The monoisotopic (exact) mass is 402 g/mol. The van der Waals surface area contributed by atoms with E-state index in [1.54, 1.807) is 6.92 Å². The molecule has 0 aromatic heterocycles. The smallest absolute Gasteiger partial charge is 0.345 e. The highest BCUT2D eigenvalue weighted by Crippen LogP contribution is 2.35. The van der Waals surface area contributed by atoms with E-state index in [1.807, 2.05) is 32.0 Å². The zero-order chi connectivity index (χ0) is 21.6. The number of aryl methyl sites for hydroxylation is 2. The molecule has 0 atom stereocenters. The van der Waals surface area contributed by atoms with Crippen LogP contribution in [0.25, 0.3) is 0 Å². The Labute approximate surface area is 167 Å². The second-order valence-electron chi connectivity index (χ2n) is 6.10. The van der Waals surface area contributed by atoms with Crippen LogP contribution in [0, 0.1) is 24.0 Å². The summed E-state index contributed by atoms with van der Waals surface area (Å²) in [5, 5.41) is 14.0. The summed E-state index contributed by atoms with van der Waals surface area (Å²) in [7, 11) is 1.34. The van der Waals surface area contributed by atoms with Crippen LogP contribution in [0.1, 0.15) is 28.4 Å². The molecule has 1 N–H and O–H groups in total. The summed E-state index contributed by atoms with van der Waals surface area (Å²) >= 11 is 0. The van der Waals surface area contributed by atoms with Crippen LogP contribution in [0.15, 0.2) is 30.3 Å². The van der Waals surface area contributed by atoms with E-state index in [4.69, 9.17) is 14.2 Å². The second-order valence-corrected chi connectivity index (χ2v) is 6.10. The minimum absolute atomic E-state index is 0.131. The number of nitrogens with one attached hydrogen (secondary N) is 1. The maximum absolute atomic E-state index is 12.4. The van der Waals surface area contributed by atoms with Crippen LogP contribution in [0.3, 0.4) is 0 Å². The Morgan fingerprint density at radius 1 is 1.14 bits per heavy atom. The van der Waals surface area contributed by atoms with Gasteiger partial charge in [0.2, 0.25) is 0 Å². The molecule has 154 valence electrons. The molecule has 0 aliphatic heterocycles. The highest BCUT2D eigenvalue weighted by Gasteiger charge is 2.26. The summed E-state index contributed by atoms with van der Waals surface area (Å²) in [6, 6.07) is 7.79. The number of hydrogen-bond donors (Lipinski definition) is 1. The first kappa shape index (κ1) is 21.7. The van der Waals surface area contributed by atoms with E-state index >= 15 is 0 Å². The number of ether oxygens (including phenoxy) is 3. The number of hydrogen-bond acceptors (Lipinski definition) is 7. The molecule has 0 saturated heterocycles. The number of carbonyl (C=O) groups is 2. The van der Waals surface area contributed by atoms with Gasteiger partial charge in [-0.2, -0.15) is 0 Å². The van der Waals surface area contributed by atoms with E-state index in [1.165, 1.54) is 7.11 Å². The van der Waals surface area contributed by atoms with Crippen molar-refractivity contribution < 1.29 is 28.7 Å². The van der Waals surface area contributed by atoms with Gasteiger partial charge in [0.15, 0.2) is 18.1 Å². The Hall–Kier alpha value is -3.62. The third-order valence-electron chi connectivity index (χ3n) is 4.08. The van der Waals surface area contributed by atoms with Gasteiger partial charge in [0, 0.05) is 11.8 Å². The Morgan fingerprint density at radius 2 is 1.79 bits per heavy atom. The number of nitrogens with zero attached hydrogens (tertiary/aromatic N) is 1. The van der Waals surface area contributed by atoms with Gasteiger partial charge >= 0.3 is 5.97 Å². The minimum Gasteiger partial charge on any atom is -0.493 e. The van der Waals surface area contributed by atoms with E-state index in [-0.39, 0.29) is 23.7 Å². The zero-order valence-electron chi connectivity index (χ0n) is 16.6. The normalized spacial score (nSPS) is 10.2. The number of rotatable bonds is 8. The van der Waals surface area contributed by atoms with Crippen molar-refractivity contribution in [1.82, 2.24) is 0 Å². The predicted molar refractivity (Wildman–Crippen MR) is 106 cm³/mol. The maximum Gasteiger partial charge on any atom is 0.345 e. The molecule has 2 aromatic rings. The lowest BCUT2D eigenvalue weighted by atomic mass is 10.1. The molecule has 9 heteroatoms. The predicted octanol–water partition coefficient (Wildman–Crippen LogP) is 3.41. The number of amides is 1. The zero-order valence-corrected chi connectivity index (χ0v) is 16.6. The molecule has 2 aromatic carbocycles. The van der Waals surface area contributed by atoms with Gasteiger partial charge in [-0.05, 0) is 31.9 Å². The van der Waals surface area contributed by atoms with Crippen molar-refractivity contribution in [3.8, 4) is 11.5 Å². The molecule has 0 spiro atoms. The molecule has 9 nitrogen and oxygen atoms in total. The third kappa shape index (κ3) is 5.22. The Kier molecular flexibility index (Phi) is 7.13. The SMILES string of the molecule is CCOc1cc([N+](=O)[O-])c(C(=O)OCC(=O)Nc2c(C)cccc2C)cc1OC. The number of para-hydroxylation sites is 1. The quantitative estimate of drug-likeness (QED) is 0.408. The van der Waals surface area contributed by atoms with Gasteiger partial charge in [-0.1, -0.05) is 18.2 Å². The fourth-order valence-corrected chi connectivity index (χ4v) is 2.69. The van der Waals surface area contributed by atoms with Gasteiger partial charge < -0.3 is 19.5 Å². The van der Waals surface area contributed by atoms with Crippen LogP contribution in [-0.4, -0.2) is 37.1 Å². The van der Waals surface area contributed by atoms with E-state index < -0.39 is 29.1 Å². The van der Waals surface area contributed by atoms with Gasteiger partial charge in [0.05, 0.1) is 24.7 Å². The standard InChI is InChI=1S/C20H22N2O7/c1-5-28-17-10-15(22(25)26)14(9-16(17)27-4)20(24)29-11-18(23)21-19-12(2)7-6-8-13(19)3/h6-10H,5,11H2,1-4H3,(H,21,23). The van der Waals surface area contributed by atoms with Gasteiger partial charge in [-0.3, -0.25) is 14.9 Å². The summed E-state index contributed by atoms with van der Waals surface area (Å²) in [5.41, 5.74) is 1.50. The first-order valence-corrected chi connectivity index (χ1v) is 8.80. The number of anilines is 1. The molecule has 0 fully saturated rings. The molecule has 0 unspecified atom stereocenters. The van der Waals surface area contributed by atoms with Crippen molar-refractivity contribution in [1.29, 1.82) is 0 Å². The van der Waals surface area contributed by atoms with Crippen LogP contribution >= 0.6 is 0 Å². The number of methoxy groups -OCH3 is 1. The molecule has 29 heavy (non-hydrogen) atoms. The number of esters is 1. The van der Waals surface area contributed by atoms with Gasteiger partial charge in [-0.25, -0.2) is 4.79 Å². The first-order valence-electron chi connectivity index (χ1n) is 8.80. The van der Waals surface area contributed by atoms with Crippen molar-refractivity contribution in [3.63, 3.8) is 0 Å². The van der Waals surface area contributed by atoms with Crippen LogP contribution in [0.2, 0.25) is 0 Å². The molecule has 0 saturated carbocycles. The van der Waals surface area contributed by atoms with E-state index in [9.17, 15) is 19.7 Å². The maximum atomic E-state index is 12.4. The number of nitro benzene ring substituents is 1. The highest BCUT2D eigenvalue weighted by molar-refractivity contribution is 5.98. The summed E-state index contributed by atoms with van der Waals surface area (Å²) in [6.45, 7) is 5.05. The fraction of sp³-hybridized carbons (Fsp3) is 0.300. The van der Waals surface area contributed by atoms with Crippen molar-refractivity contribution in [2.45, 2.75) is 20.8 Å². The first-order chi connectivity index (χ1) is 13.8. The second kappa shape index (κ2) is 9.54. The molecule has 0 aliphatic rings. The third-order valence-corrected chi connectivity index (χ3v) is 4.08. The van der Waals surface area contributed by atoms with Crippen molar-refractivity contribution in [2.24, 2.45) is 0 Å². The minimum atomic E-state index is -1.02. The molecule has 0 heterocycles. The topological polar surface area (TPSA) is 117 Å². The lowest BCUT2D eigenvalue weighted by molar-refractivity contribution is -0.385. The summed E-state index contributed by atoms with van der Waals surface area (Å²) in [5.74, 6) is -1.30. The molecular formula is C20H22N2O7. The van der Waals surface area contributed by atoms with E-state index in [2.05, 4.69) is 5.32 Å². The van der Waals surface area contributed by atoms with Crippen molar-refractivity contribution in [2.75, 3.05) is 25.6 Å².